The number of benzene rings is 4. The van der Waals surface area contributed by atoms with Crippen LogP contribution < -0.4 is 18.9 Å². The molecule has 0 atom stereocenters. The number of rotatable bonds is 2. The van der Waals surface area contributed by atoms with Gasteiger partial charge in [-0.1, -0.05) is 72.3 Å². The number of halogens is 1. The third kappa shape index (κ3) is 4.99. The lowest BCUT2D eigenvalue weighted by molar-refractivity contribution is -1.92. The van der Waals surface area contributed by atoms with Crippen molar-refractivity contribution in [1.82, 2.24) is 0 Å². The Labute approximate surface area is 201 Å². The van der Waals surface area contributed by atoms with E-state index in [2.05, 4.69) is 117 Å². The minimum atomic E-state index is -4.69. The molecule has 5 nitrogen and oxygen atoms in total. The predicted molar refractivity (Wildman–Crippen MR) is 125 cm³/mol. The van der Waals surface area contributed by atoms with Gasteiger partial charge in [0, 0.05) is 11.6 Å². The molecule has 1 aliphatic rings. The van der Waals surface area contributed by atoms with Gasteiger partial charge in [-0.05, 0) is 72.9 Å². The molecule has 0 spiro atoms. The molecule has 0 fully saturated rings. The average Bonchev–Trinajstić information content (AvgIpc) is 2.77. The maximum atomic E-state index is 8.60. The lowest BCUT2D eigenvalue weighted by Gasteiger charge is -2.39. The summed E-state index contributed by atoms with van der Waals surface area (Å²) in [4.78, 5) is 2.40. The largest absolute Gasteiger partial charge is 0.310 e. The normalized spacial score (nSPS) is 13.0. The predicted octanol–water partition coefficient (Wildman–Crippen LogP) is 3.45. The van der Waals surface area contributed by atoms with E-state index in [0.29, 0.717) is 0 Å². The molecule has 1 N–H and O–H groups in total. The Morgan fingerprint density at radius 3 is 1.56 bits per heavy atom. The quantitative estimate of drug-likeness (QED) is 0.422. The first-order chi connectivity index (χ1) is 16.1. The Morgan fingerprint density at radius 1 is 0.676 bits per heavy atom. The van der Waals surface area contributed by atoms with Crippen molar-refractivity contribution in [1.29, 1.82) is 0 Å². The lowest BCUT2D eigenvalue weighted by atomic mass is 9.76. The van der Waals surface area contributed by atoms with Crippen molar-refractivity contribution in [2.45, 2.75) is 26.7 Å². The molecule has 0 amide bonds. The third-order valence-corrected chi connectivity index (χ3v) is 6.02. The SMILES string of the molecule is Cc1cc(C)c(C2c3ccccc3N(c3ccccc3)c3ccccc32)c(C)c1.[O-][Cl+3]([O-])([O-])O. The molecular formula is C28H26ClNO4. The maximum absolute atomic E-state index is 8.60. The van der Waals surface area contributed by atoms with Crippen LogP contribution in [0.3, 0.4) is 0 Å². The van der Waals surface area contributed by atoms with Crippen molar-refractivity contribution < 1.29 is 28.9 Å². The summed E-state index contributed by atoms with van der Waals surface area (Å²) in [5.74, 6) is 0.239. The van der Waals surface area contributed by atoms with Gasteiger partial charge in [0.25, 0.3) is 0 Å². The summed E-state index contributed by atoms with van der Waals surface area (Å²) in [5, 5.41) is 0. The molecule has 0 radical (unpaired) electrons. The van der Waals surface area contributed by atoms with E-state index in [-0.39, 0.29) is 5.92 Å². The molecule has 0 aliphatic carbocycles. The van der Waals surface area contributed by atoms with Crippen molar-refractivity contribution in [3.8, 4) is 0 Å². The van der Waals surface area contributed by atoms with Crippen molar-refractivity contribution >= 4 is 17.1 Å². The van der Waals surface area contributed by atoms with Crippen LogP contribution in [0.4, 0.5) is 17.1 Å². The van der Waals surface area contributed by atoms with Crippen LogP contribution >= 0.6 is 0 Å². The summed E-state index contributed by atoms with van der Waals surface area (Å²) in [5.41, 5.74) is 12.0. The van der Waals surface area contributed by atoms with Crippen molar-refractivity contribution in [3.63, 3.8) is 0 Å². The summed E-state index contributed by atoms with van der Waals surface area (Å²) in [7, 11) is -4.69. The Morgan fingerprint density at radius 2 is 1.09 bits per heavy atom. The highest BCUT2D eigenvalue weighted by Crippen LogP contribution is 2.52. The van der Waals surface area contributed by atoms with Gasteiger partial charge in [0.05, 0.1) is 26.3 Å². The highest BCUT2D eigenvalue weighted by Gasteiger charge is 2.33. The standard InChI is InChI=1S/C28H25N.ClHO4/c1-19-17-20(2)27(21(3)18-19)28-23-13-7-9-15-25(23)29(22-11-5-4-6-12-22)26-16-10-8-14-24(26)28;2-1(3,4)5/h4-18,28H,1-3H3;(H,2,3,4,5). The van der Waals surface area contributed by atoms with Crippen LogP contribution in [0.15, 0.2) is 91.0 Å². The highest BCUT2D eigenvalue weighted by atomic mass is 35.7. The van der Waals surface area contributed by atoms with Gasteiger partial charge >= 0.3 is 0 Å². The summed E-state index contributed by atoms with van der Waals surface area (Å²) >= 11 is 0. The first kappa shape index (κ1) is 24.0. The minimum Gasteiger partial charge on any atom is -0.310 e. The van der Waals surface area contributed by atoms with Crippen molar-refractivity contribution in [2.24, 2.45) is 0 Å². The first-order valence-electron chi connectivity index (χ1n) is 10.9. The second-order valence-electron chi connectivity index (χ2n) is 8.43. The van der Waals surface area contributed by atoms with Gasteiger partial charge in [0.1, 0.15) is 0 Å². The molecule has 0 saturated heterocycles. The Kier molecular flexibility index (Phi) is 6.75. The summed E-state index contributed by atoms with van der Waals surface area (Å²) in [6, 6.07) is 33.0. The van der Waals surface area contributed by atoms with Crippen LogP contribution in [0.25, 0.3) is 0 Å². The van der Waals surface area contributed by atoms with Gasteiger partial charge in [0.15, 0.2) is 0 Å². The molecule has 4 aromatic rings. The number of para-hydroxylation sites is 3. The molecule has 1 aliphatic heterocycles. The van der Waals surface area contributed by atoms with Crippen LogP contribution in [0, 0.1) is 31.0 Å². The zero-order valence-corrected chi connectivity index (χ0v) is 20.0. The second kappa shape index (κ2) is 9.58. The van der Waals surface area contributed by atoms with Crippen LogP contribution in [0.2, 0.25) is 0 Å². The molecule has 1 heterocycles. The zero-order valence-electron chi connectivity index (χ0n) is 19.2. The second-order valence-corrected chi connectivity index (χ2v) is 9.22. The highest BCUT2D eigenvalue weighted by molar-refractivity contribution is 5.86. The van der Waals surface area contributed by atoms with E-state index >= 15 is 0 Å². The summed E-state index contributed by atoms with van der Waals surface area (Å²) < 4.78 is 32.7. The number of fused-ring (bicyclic) bond motifs is 2. The molecule has 174 valence electrons. The van der Waals surface area contributed by atoms with E-state index in [1.54, 1.807) is 0 Å². The lowest BCUT2D eigenvalue weighted by Crippen LogP contribution is -2.58. The van der Waals surface area contributed by atoms with Crippen LogP contribution in [-0.2, 0) is 0 Å². The summed E-state index contributed by atoms with van der Waals surface area (Å²) in [6.45, 7) is 6.69. The van der Waals surface area contributed by atoms with E-state index < -0.39 is 10.2 Å². The van der Waals surface area contributed by atoms with Crippen LogP contribution in [0.1, 0.15) is 39.3 Å². The Bertz CT molecular complexity index is 1220. The van der Waals surface area contributed by atoms with E-state index in [4.69, 9.17) is 18.6 Å². The Balaban J connectivity index is 0.000000499. The molecule has 34 heavy (non-hydrogen) atoms. The van der Waals surface area contributed by atoms with E-state index in [1.165, 1.54) is 50.4 Å². The molecule has 0 unspecified atom stereocenters. The summed E-state index contributed by atoms with van der Waals surface area (Å²) in [6.07, 6.45) is 0. The average molecular weight is 476 g/mol. The molecule has 4 aromatic carbocycles. The van der Waals surface area contributed by atoms with Gasteiger partial charge in [-0.25, -0.2) is 0 Å². The number of aryl methyl sites for hydroxylation is 3. The number of anilines is 3. The van der Waals surface area contributed by atoms with E-state index in [0.717, 1.165) is 0 Å². The topological polar surface area (TPSA) is 92.7 Å². The molecule has 0 saturated carbocycles. The zero-order chi connectivity index (χ0) is 24.5. The number of hydrogen-bond donors (Lipinski definition) is 1. The third-order valence-electron chi connectivity index (χ3n) is 6.02. The van der Waals surface area contributed by atoms with Crippen LogP contribution in [0.5, 0.6) is 0 Å². The van der Waals surface area contributed by atoms with Crippen molar-refractivity contribution in [2.75, 3.05) is 4.90 Å². The monoisotopic (exact) mass is 475 g/mol. The maximum Gasteiger partial charge on any atom is 0.0777 e. The van der Waals surface area contributed by atoms with Gasteiger partial charge in [-0.2, -0.15) is 14.0 Å². The smallest absolute Gasteiger partial charge is 0.0777 e. The number of nitrogens with zero attached hydrogens (tertiary/aromatic N) is 1. The molecular weight excluding hydrogens is 450 g/mol. The molecule has 6 heteroatoms. The van der Waals surface area contributed by atoms with Crippen molar-refractivity contribution in [3.05, 3.63) is 124 Å². The van der Waals surface area contributed by atoms with E-state index in [9.17, 15) is 0 Å². The van der Waals surface area contributed by atoms with Gasteiger partial charge in [0.2, 0.25) is 0 Å². The van der Waals surface area contributed by atoms with Gasteiger partial charge < -0.3 is 4.90 Å². The molecule has 5 rings (SSSR count). The number of hydrogen-bond acceptors (Lipinski definition) is 5. The first-order valence-corrected chi connectivity index (χ1v) is 12.2. The fourth-order valence-corrected chi connectivity index (χ4v) is 4.98. The fourth-order valence-electron chi connectivity index (χ4n) is 4.98. The fraction of sp³-hybridized carbons (Fsp3) is 0.143. The molecule has 0 aromatic heterocycles. The Hall–Kier alpha value is -3.19. The molecule has 0 bridgehead atoms. The van der Waals surface area contributed by atoms with Gasteiger partial charge in [-0.15, -0.1) is 0 Å². The van der Waals surface area contributed by atoms with E-state index in [1.807, 2.05) is 0 Å². The minimum absolute atomic E-state index is 0.239. The van der Waals surface area contributed by atoms with Crippen LogP contribution in [-0.4, -0.2) is 4.66 Å². The van der Waals surface area contributed by atoms with Gasteiger partial charge in [-0.3, -0.25) is 0 Å².